The van der Waals surface area contributed by atoms with E-state index < -0.39 is 5.63 Å². The van der Waals surface area contributed by atoms with Gasteiger partial charge >= 0.3 is 5.63 Å². The van der Waals surface area contributed by atoms with Crippen molar-refractivity contribution in [3.8, 4) is 0 Å². The van der Waals surface area contributed by atoms with E-state index in [4.69, 9.17) is 4.42 Å². The van der Waals surface area contributed by atoms with Crippen molar-refractivity contribution < 1.29 is 9.21 Å². The zero-order valence-electron chi connectivity index (χ0n) is 15.2. The van der Waals surface area contributed by atoms with E-state index in [2.05, 4.69) is 0 Å². The molecule has 0 amide bonds. The summed E-state index contributed by atoms with van der Waals surface area (Å²) in [6, 6.07) is 21.7. The minimum atomic E-state index is -0.606. The van der Waals surface area contributed by atoms with Crippen LogP contribution < -0.4 is 10.5 Å². The van der Waals surface area contributed by atoms with Crippen molar-refractivity contribution in [2.24, 2.45) is 0 Å². The molecule has 1 aromatic heterocycles. The first-order valence-corrected chi connectivity index (χ1v) is 8.78. The Labute approximate surface area is 158 Å². The molecule has 0 aliphatic carbocycles. The van der Waals surface area contributed by atoms with E-state index in [1.54, 1.807) is 13.0 Å². The second-order valence-corrected chi connectivity index (χ2v) is 6.24. The molecule has 27 heavy (non-hydrogen) atoms. The molecule has 1 heterocycles. The van der Waals surface area contributed by atoms with Gasteiger partial charge in [-0.05, 0) is 18.1 Å². The lowest BCUT2D eigenvalue weighted by Crippen LogP contribution is -2.26. The number of aryl methyl sites for hydroxylation is 1. The molecule has 3 aromatic rings. The van der Waals surface area contributed by atoms with Gasteiger partial charge in [-0.1, -0.05) is 72.8 Å². The lowest BCUT2D eigenvalue weighted by molar-refractivity contribution is 0.112. The topological polar surface area (TPSA) is 50.5 Å². The first-order valence-electron chi connectivity index (χ1n) is 8.78. The highest BCUT2D eigenvalue weighted by atomic mass is 16.4. The van der Waals surface area contributed by atoms with Crippen molar-refractivity contribution in [2.75, 3.05) is 11.4 Å². The summed E-state index contributed by atoms with van der Waals surface area (Å²) in [6.07, 6.45) is 4.62. The largest absolute Gasteiger partial charge is 0.428 e. The van der Waals surface area contributed by atoms with Gasteiger partial charge in [-0.3, -0.25) is 4.79 Å². The van der Waals surface area contributed by atoms with Gasteiger partial charge in [0.05, 0.1) is 5.69 Å². The fourth-order valence-electron chi connectivity index (χ4n) is 2.91. The van der Waals surface area contributed by atoms with Crippen molar-refractivity contribution >= 4 is 18.0 Å². The fraction of sp³-hybridized carbons (Fsp3) is 0.130. The summed E-state index contributed by atoms with van der Waals surface area (Å²) < 4.78 is 5.08. The Bertz CT molecular complexity index is 976. The van der Waals surface area contributed by atoms with E-state index in [1.807, 2.05) is 77.7 Å². The summed E-state index contributed by atoms with van der Waals surface area (Å²) in [7, 11) is 0. The van der Waals surface area contributed by atoms with E-state index in [9.17, 15) is 9.59 Å². The van der Waals surface area contributed by atoms with E-state index in [0.29, 0.717) is 30.8 Å². The van der Waals surface area contributed by atoms with Crippen LogP contribution in [0.1, 0.15) is 27.2 Å². The molecule has 0 saturated carbocycles. The molecule has 0 atom stereocenters. The maximum absolute atomic E-state index is 12.1. The highest BCUT2D eigenvalue weighted by Gasteiger charge is 2.16. The molecule has 0 unspecified atom stereocenters. The van der Waals surface area contributed by atoms with E-state index in [1.165, 1.54) is 0 Å². The van der Waals surface area contributed by atoms with Crippen molar-refractivity contribution in [3.63, 3.8) is 0 Å². The maximum Gasteiger partial charge on any atom is 0.348 e. The highest BCUT2D eigenvalue weighted by molar-refractivity contribution is 5.84. The Kier molecular flexibility index (Phi) is 6.00. The van der Waals surface area contributed by atoms with E-state index >= 15 is 0 Å². The third-order valence-electron chi connectivity index (χ3n) is 4.20. The SMILES string of the molecule is Cc1cc(N(C/C=C/c2ccccc2)Cc2ccccc2)c(C=O)c(=O)o1. The summed E-state index contributed by atoms with van der Waals surface area (Å²) in [6.45, 7) is 2.83. The summed E-state index contributed by atoms with van der Waals surface area (Å²) in [5.41, 5.74) is 2.21. The van der Waals surface area contributed by atoms with E-state index in [0.717, 1.165) is 11.1 Å². The smallest absolute Gasteiger partial charge is 0.348 e. The quantitative estimate of drug-likeness (QED) is 0.584. The van der Waals surface area contributed by atoms with Gasteiger partial charge in [0.25, 0.3) is 0 Å². The fourth-order valence-corrected chi connectivity index (χ4v) is 2.91. The summed E-state index contributed by atoms with van der Waals surface area (Å²) in [4.78, 5) is 25.6. The van der Waals surface area contributed by atoms with Gasteiger partial charge in [-0.25, -0.2) is 4.79 Å². The standard InChI is InChI=1S/C23H21NO3/c1-18-15-22(21(17-25)23(26)27-18)24(16-20-11-6-3-7-12-20)14-8-13-19-9-4-2-5-10-19/h2-13,15,17H,14,16H2,1H3/b13-8+. The van der Waals surface area contributed by atoms with Crippen molar-refractivity contribution in [1.29, 1.82) is 0 Å². The minimum absolute atomic E-state index is 0.0460. The molecule has 0 N–H and O–H groups in total. The summed E-state index contributed by atoms with van der Waals surface area (Å²) in [5.74, 6) is 0.478. The Hall–Kier alpha value is -3.40. The lowest BCUT2D eigenvalue weighted by atomic mass is 10.1. The molecule has 4 heteroatoms. The molecule has 0 fully saturated rings. The second-order valence-electron chi connectivity index (χ2n) is 6.24. The molecule has 0 bridgehead atoms. The molecule has 0 radical (unpaired) electrons. The van der Waals surface area contributed by atoms with Crippen LogP contribution in [0, 0.1) is 6.92 Å². The normalized spacial score (nSPS) is 10.9. The first kappa shape index (κ1) is 18.4. The molecular formula is C23H21NO3. The second kappa shape index (κ2) is 8.81. The number of anilines is 1. The minimum Gasteiger partial charge on any atom is -0.428 e. The average molecular weight is 359 g/mol. The van der Waals surface area contributed by atoms with Crippen LogP contribution in [0.2, 0.25) is 0 Å². The molecule has 0 saturated heterocycles. The molecular weight excluding hydrogens is 338 g/mol. The number of hydrogen-bond acceptors (Lipinski definition) is 4. The van der Waals surface area contributed by atoms with Gasteiger partial charge in [0.1, 0.15) is 11.3 Å². The zero-order valence-corrected chi connectivity index (χ0v) is 15.2. The molecule has 136 valence electrons. The van der Waals surface area contributed by atoms with Crippen LogP contribution in [0.25, 0.3) is 6.08 Å². The highest BCUT2D eigenvalue weighted by Crippen LogP contribution is 2.21. The third kappa shape index (κ3) is 4.82. The van der Waals surface area contributed by atoms with Crippen molar-refractivity contribution in [2.45, 2.75) is 13.5 Å². The van der Waals surface area contributed by atoms with Gasteiger partial charge in [-0.2, -0.15) is 0 Å². The summed E-state index contributed by atoms with van der Waals surface area (Å²) >= 11 is 0. The van der Waals surface area contributed by atoms with Crippen LogP contribution >= 0.6 is 0 Å². The molecule has 4 nitrogen and oxygen atoms in total. The molecule has 0 aliphatic rings. The maximum atomic E-state index is 12.1. The van der Waals surface area contributed by atoms with Gasteiger partial charge in [0.15, 0.2) is 6.29 Å². The number of carbonyl (C=O) groups is 1. The van der Waals surface area contributed by atoms with Gasteiger partial charge in [-0.15, -0.1) is 0 Å². The molecule has 3 rings (SSSR count). The number of aldehydes is 1. The number of carbonyl (C=O) groups excluding carboxylic acids is 1. The van der Waals surface area contributed by atoms with Crippen LogP contribution in [0.5, 0.6) is 0 Å². The Balaban J connectivity index is 1.94. The van der Waals surface area contributed by atoms with Gasteiger partial charge in [0, 0.05) is 19.2 Å². The lowest BCUT2D eigenvalue weighted by Gasteiger charge is -2.24. The predicted molar refractivity (Wildman–Crippen MR) is 108 cm³/mol. The molecule has 2 aromatic carbocycles. The van der Waals surface area contributed by atoms with Crippen LogP contribution in [-0.4, -0.2) is 12.8 Å². The Morgan fingerprint density at radius 1 is 1.00 bits per heavy atom. The van der Waals surface area contributed by atoms with Crippen LogP contribution in [-0.2, 0) is 6.54 Å². The Morgan fingerprint density at radius 2 is 1.67 bits per heavy atom. The van der Waals surface area contributed by atoms with Crippen molar-refractivity contribution in [3.05, 3.63) is 106 Å². The number of nitrogens with zero attached hydrogens (tertiary/aromatic N) is 1. The third-order valence-corrected chi connectivity index (χ3v) is 4.20. The number of benzene rings is 2. The van der Waals surface area contributed by atoms with E-state index in [-0.39, 0.29) is 5.56 Å². The van der Waals surface area contributed by atoms with Crippen LogP contribution in [0.15, 0.2) is 82.0 Å². The zero-order chi connectivity index (χ0) is 19.1. The molecule has 0 aliphatic heterocycles. The number of rotatable bonds is 7. The van der Waals surface area contributed by atoms with Crippen molar-refractivity contribution in [1.82, 2.24) is 0 Å². The first-order chi connectivity index (χ1) is 13.2. The molecule has 0 spiro atoms. The van der Waals surface area contributed by atoms with Gasteiger partial charge < -0.3 is 9.32 Å². The Morgan fingerprint density at radius 3 is 2.33 bits per heavy atom. The van der Waals surface area contributed by atoms with Gasteiger partial charge in [0.2, 0.25) is 0 Å². The summed E-state index contributed by atoms with van der Waals surface area (Å²) in [5, 5.41) is 0. The van der Waals surface area contributed by atoms with Crippen LogP contribution in [0.3, 0.4) is 0 Å². The average Bonchev–Trinajstić information content (AvgIpc) is 2.68. The number of hydrogen-bond donors (Lipinski definition) is 0. The predicted octanol–water partition coefficient (Wildman–Crippen LogP) is 4.48. The van der Waals surface area contributed by atoms with Crippen LogP contribution in [0.4, 0.5) is 5.69 Å². The monoisotopic (exact) mass is 359 g/mol.